The molecule has 3 rings (SSSR count). The Bertz CT molecular complexity index is 524. The molecular weight excluding hydrogens is 230 g/mol. The van der Waals surface area contributed by atoms with Crippen LogP contribution in [0.5, 0.6) is 5.75 Å². The number of fused-ring (bicyclic) bond motifs is 3. The van der Waals surface area contributed by atoms with Crippen molar-refractivity contribution in [1.29, 1.82) is 0 Å². The lowest BCUT2D eigenvalue weighted by Crippen LogP contribution is -2.41. The molecule has 0 saturated heterocycles. The predicted octanol–water partition coefficient (Wildman–Crippen LogP) is 2.23. The van der Waals surface area contributed by atoms with Crippen LogP contribution in [0, 0.1) is 5.92 Å². The van der Waals surface area contributed by atoms with E-state index in [1.54, 1.807) is 7.11 Å². The zero-order valence-electron chi connectivity index (χ0n) is 10.1. The molecule has 0 bridgehead atoms. The van der Waals surface area contributed by atoms with Gasteiger partial charge in [0, 0.05) is 17.5 Å². The maximum atomic E-state index is 11.3. The predicted molar refractivity (Wildman–Crippen MR) is 68.0 cm³/mol. The molecule has 4 heteroatoms. The number of ether oxygens (including phenoxy) is 1. The fraction of sp³-hybridized carbons (Fsp3) is 0.357. The number of methoxy groups -OCH3 is 1. The Labute approximate surface area is 105 Å². The van der Waals surface area contributed by atoms with Crippen LogP contribution < -0.4 is 10.1 Å². The molecule has 2 N–H and O–H groups in total. The highest BCUT2D eigenvalue weighted by Crippen LogP contribution is 2.45. The van der Waals surface area contributed by atoms with Gasteiger partial charge in [0.05, 0.1) is 7.11 Å². The van der Waals surface area contributed by atoms with Gasteiger partial charge in [0.15, 0.2) is 0 Å². The van der Waals surface area contributed by atoms with Crippen molar-refractivity contribution < 1.29 is 14.6 Å². The number of hydrogen-bond donors (Lipinski definition) is 2. The molecule has 1 aromatic rings. The molecule has 18 heavy (non-hydrogen) atoms. The third-order valence-electron chi connectivity index (χ3n) is 3.84. The second-order valence-corrected chi connectivity index (χ2v) is 4.77. The first-order valence-corrected chi connectivity index (χ1v) is 6.04. The normalized spacial score (nSPS) is 28.2. The van der Waals surface area contributed by atoms with Crippen molar-refractivity contribution in [2.45, 2.75) is 18.4 Å². The minimum atomic E-state index is -0.782. The topological polar surface area (TPSA) is 58.6 Å². The van der Waals surface area contributed by atoms with E-state index in [2.05, 4.69) is 17.5 Å². The molecule has 1 heterocycles. The van der Waals surface area contributed by atoms with Crippen LogP contribution in [0.1, 0.15) is 17.9 Å². The minimum Gasteiger partial charge on any atom is -0.497 e. The fourth-order valence-corrected chi connectivity index (χ4v) is 2.94. The van der Waals surface area contributed by atoms with E-state index in [0.717, 1.165) is 23.4 Å². The summed E-state index contributed by atoms with van der Waals surface area (Å²) in [5, 5.41) is 12.4. The Morgan fingerprint density at radius 1 is 1.50 bits per heavy atom. The van der Waals surface area contributed by atoms with Gasteiger partial charge in [-0.15, -0.1) is 0 Å². The first-order chi connectivity index (χ1) is 8.70. The molecular formula is C14H15NO3. The van der Waals surface area contributed by atoms with Gasteiger partial charge in [-0.05, 0) is 30.2 Å². The van der Waals surface area contributed by atoms with Crippen molar-refractivity contribution in [3.05, 3.63) is 35.9 Å². The van der Waals surface area contributed by atoms with Crippen LogP contribution >= 0.6 is 0 Å². The third kappa shape index (κ3) is 1.56. The van der Waals surface area contributed by atoms with Crippen LogP contribution in [0.25, 0.3) is 0 Å². The Morgan fingerprint density at radius 3 is 3.06 bits per heavy atom. The molecule has 3 atom stereocenters. The molecule has 1 aliphatic carbocycles. The molecule has 0 aromatic heterocycles. The SMILES string of the molecule is COc1ccc2c(c1)[C@@H]1C=CC[C@H]1[C@H](C(=O)O)N2. The van der Waals surface area contributed by atoms with Gasteiger partial charge >= 0.3 is 5.97 Å². The number of carboxylic acids is 1. The number of allylic oxidation sites excluding steroid dienone is 2. The number of carboxylic acid groups (broad SMARTS) is 1. The lowest BCUT2D eigenvalue weighted by atomic mass is 9.79. The number of carbonyl (C=O) groups is 1. The average Bonchev–Trinajstić information content (AvgIpc) is 2.86. The van der Waals surface area contributed by atoms with Crippen LogP contribution in [0.2, 0.25) is 0 Å². The monoisotopic (exact) mass is 245 g/mol. The summed E-state index contributed by atoms with van der Waals surface area (Å²) in [4.78, 5) is 11.3. The summed E-state index contributed by atoms with van der Waals surface area (Å²) in [5.74, 6) is 0.304. The van der Waals surface area contributed by atoms with Crippen LogP contribution in [-0.4, -0.2) is 24.2 Å². The van der Waals surface area contributed by atoms with Crippen molar-refractivity contribution in [2.24, 2.45) is 5.92 Å². The Kier molecular flexibility index (Phi) is 2.51. The summed E-state index contributed by atoms with van der Waals surface area (Å²) in [6.45, 7) is 0. The highest BCUT2D eigenvalue weighted by Gasteiger charge is 2.40. The van der Waals surface area contributed by atoms with E-state index in [1.807, 2.05) is 18.2 Å². The van der Waals surface area contributed by atoms with Crippen LogP contribution in [0.4, 0.5) is 5.69 Å². The molecule has 0 radical (unpaired) electrons. The van der Waals surface area contributed by atoms with Crippen LogP contribution in [0.15, 0.2) is 30.4 Å². The van der Waals surface area contributed by atoms with Gasteiger partial charge in [0.1, 0.15) is 11.8 Å². The summed E-state index contributed by atoms with van der Waals surface area (Å²) in [7, 11) is 1.64. The molecule has 0 amide bonds. The molecule has 1 aromatic carbocycles. The summed E-state index contributed by atoms with van der Waals surface area (Å²) in [5.41, 5.74) is 2.03. The summed E-state index contributed by atoms with van der Waals surface area (Å²) < 4.78 is 5.23. The summed E-state index contributed by atoms with van der Waals surface area (Å²) in [6.07, 6.45) is 4.99. The fourth-order valence-electron chi connectivity index (χ4n) is 2.94. The Hall–Kier alpha value is -1.97. The van der Waals surface area contributed by atoms with E-state index in [4.69, 9.17) is 4.74 Å². The van der Waals surface area contributed by atoms with Crippen LogP contribution in [0.3, 0.4) is 0 Å². The van der Waals surface area contributed by atoms with Gasteiger partial charge in [-0.3, -0.25) is 0 Å². The first-order valence-electron chi connectivity index (χ1n) is 6.04. The third-order valence-corrected chi connectivity index (χ3v) is 3.84. The summed E-state index contributed by atoms with van der Waals surface area (Å²) in [6, 6.07) is 5.23. The molecule has 1 aliphatic heterocycles. The van der Waals surface area contributed by atoms with Crippen molar-refractivity contribution in [1.82, 2.24) is 0 Å². The smallest absolute Gasteiger partial charge is 0.326 e. The van der Waals surface area contributed by atoms with Gasteiger partial charge < -0.3 is 15.2 Å². The second-order valence-electron chi connectivity index (χ2n) is 4.77. The van der Waals surface area contributed by atoms with Gasteiger partial charge in [-0.25, -0.2) is 4.79 Å². The molecule has 2 aliphatic rings. The standard InChI is InChI=1S/C14H15NO3/c1-18-8-5-6-12-11(7-8)9-3-2-4-10(9)13(15-12)14(16)17/h2-3,5-7,9-10,13,15H,4H2,1H3,(H,16,17)/t9-,10-,13-/m1/s1. The van der Waals surface area contributed by atoms with E-state index in [-0.39, 0.29) is 11.8 Å². The molecule has 0 unspecified atom stereocenters. The average molecular weight is 245 g/mol. The largest absolute Gasteiger partial charge is 0.497 e. The van der Waals surface area contributed by atoms with E-state index < -0.39 is 12.0 Å². The quantitative estimate of drug-likeness (QED) is 0.784. The van der Waals surface area contributed by atoms with Gasteiger partial charge in [0.2, 0.25) is 0 Å². The number of anilines is 1. The minimum absolute atomic E-state index is 0.0992. The van der Waals surface area contributed by atoms with Crippen molar-refractivity contribution in [3.63, 3.8) is 0 Å². The number of benzene rings is 1. The molecule has 0 fully saturated rings. The summed E-state index contributed by atoms with van der Waals surface area (Å²) >= 11 is 0. The maximum Gasteiger partial charge on any atom is 0.326 e. The maximum absolute atomic E-state index is 11.3. The molecule has 4 nitrogen and oxygen atoms in total. The van der Waals surface area contributed by atoms with Gasteiger partial charge in [-0.2, -0.15) is 0 Å². The zero-order valence-corrected chi connectivity index (χ0v) is 10.1. The van der Waals surface area contributed by atoms with E-state index in [0.29, 0.717) is 0 Å². The zero-order chi connectivity index (χ0) is 12.7. The van der Waals surface area contributed by atoms with Gasteiger partial charge in [0.25, 0.3) is 0 Å². The van der Waals surface area contributed by atoms with Crippen LogP contribution in [-0.2, 0) is 4.79 Å². The Balaban J connectivity index is 2.06. The first kappa shape index (κ1) is 11.1. The lowest BCUT2D eigenvalue weighted by Gasteiger charge is -2.34. The molecule has 94 valence electrons. The molecule has 0 saturated carbocycles. The number of hydrogen-bond acceptors (Lipinski definition) is 3. The molecule has 0 spiro atoms. The van der Waals surface area contributed by atoms with Crippen molar-refractivity contribution in [2.75, 3.05) is 12.4 Å². The lowest BCUT2D eigenvalue weighted by molar-refractivity contribution is -0.139. The van der Waals surface area contributed by atoms with Crippen molar-refractivity contribution >= 4 is 11.7 Å². The second kappa shape index (κ2) is 4.05. The number of nitrogens with one attached hydrogen (secondary N) is 1. The Morgan fingerprint density at radius 2 is 2.33 bits per heavy atom. The van der Waals surface area contributed by atoms with E-state index in [1.165, 1.54) is 0 Å². The number of rotatable bonds is 2. The van der Waals surface area contributed by atoms with E-state index >= 15 is 0 Å². The van der Waals surface area contributed by atoms with Gasteiger partial charge in [-0.1, -0.05) is 12.2 Å². The highest BCUT2D eigenvalue weighted by molar-refractivity contribution is 5.80. The van der Waals surface area contributed by atoms with Crippen molar-refractivity contribution in [3.8, 4) is 5.75 Å². The number of aliphatic carboxylic acids is 1. The highest BCUT2D eigenvalue weighted by atomic mass is 16.5. The van der Waals surface area contributed by atoms with E-state index in [9.17, 15) is 9.90 Å².